The molecule has 33 heavy (non-hydrogen) atoms. The fourth-order valence-corrected chi connectivity index (χ4v) is 4.98. The Hall–Kier alpha value is -3.00. The zero-order valence-electron chi connectivity index (χ0n) is 19.1. The molecular formula is C26H31N5O2. The first-order valence-corrected chi connectivity index (χ1v) is 11.7. The Balaban J connectivity index is 1.45. The molecule has 3 heterocycles. The summed E-state index contributed by atoms with van der Waals surface area (Å²) in [4.78, 5) is 30.8. The molecule has 7 heteroatoms. The van der Waals surface area contributed by atoms with Crippen molar-refractivity contribution in [2.24, 2.45) is 0 Å². The summed E-state index contributed by atoms with van der Waals surface area (Å²) >= 11 is 0. The Labute approximate surface area is 194 Å². The summed E-state index contributed by atoms with van der Waals surface area (Å²) in [6, 6.07) is 15.7. The molecule has 2 N–H and O–H groups in total. The molecule has 0 unspecified atom stereocenters. The zero-order valence-corrected chi connectivity index (χ0v) is 19.1. The van der Waals surface area contributed by atoms with Crippen LogP contribution in [0.2, 0.25) is 0 Å². The number of likely N-dealkylation sites (N-methyl/N-ethyl adjacent to an activating group) is 1. The molecule has 0 saturated carbocycles. The summed E-state index contributed by atoms with van der Waals surface area (Å²) in [5.74, 6) is 0.0511. The first kappa shape index (κ1) is 21.8. The van der Waals surface area contributed by atoms with E-state index >= 15 is 0 Å². The summed E-state index contributed by atoms with van der Waals surface area (Å²) in [7, 11) is 2.11. The summed E-state index contributed by atoms with van der Waals surface area (Å²) in [5.41, 5.74) is 4.86. The number of benzene rings is 2. The molecule has 2 aliphatic heterocycles. The standard InChI is InChI=1S/C26H31N5O2/c1-29-12-14-30(15-13-29)18-24(32)28-21-8-5-9-22-26(21)20-10-11-27-17-23(20)31(22)25(33)16-19-6-3-2-4-7-19/h2-9,27H,10-18H2,1H3,(H,28,32). The maximum atomic E-state index is 13.4. The van der Waals surface area contributed by atoms with Crippen molar-refractivity contribution in [3.05, 3.63) is 65.4 Å². The predicted octanol–water partition coefficient (Wildman–Crippen LogP) is 2.36. The Bertz CT molecular complexity index is 1160. The first-order chi connectivity index (χ1) is 16.1. The Morgan fingerprint density at radius 2 is 1.79 bits per heavy atom. The van der Waals surface area contributed by atoms with Crippen LogP contribution in [0.5, 0.6) is 0 Å². The first-order valence-electron chi connectivity index (χ1n) is 11.7. The van der Waals surface area contributed by atoms with Gasteiger partial charge in [0.15, 0.2) is 0 Å². The van der Waals surface area contributed by atoms with E-state index in [4.69, 9.17) is 0 Å². The molecule has 0 aliphatic carbocycles. The second-order valence-electron chi connectivity index (χ2n) is 9.07. The van der Waals surface area contributed by atoms with Crippen LogP contribution in [0, 0.1) is 0 Å². The number of rotatable bonds is 5. The Morgan fingerprint density at radius 3 is 2.58 bits per heavy atom. The maximum Gasteiger partial charge on any atom is 0.238 e. The fourth-order valence-electron chi connectivity index (χ4n) is 4.98. The highest BCUT2D eigenvalue weighted by Gasteiger charge is 2.26. The molecule has 1 aromatic heterocycles. The van der Waals surface area contributed by atoms with Crippen molar-refractivity contribution in [2.45, 2.75) is 19.4 Å². The van der Waals surface area contributed by atoms with Gasteiger partial charge in [0, 0.05) is 43.8 Å². The summed E-state index contributed by atoms with van der Waals surface area (Å²) in [6.07, 6.45) is 1.18. The molecule has 1 fully saturated rings. The lowest BCUT2D eigenvalue weighted by atomic mass is 10.0. The van der Waals surface area contributed by atoms with Gasteiger partial charge in [-0.15, -0.1) is 0 Å². The van der Waals surface area contributed by atoms with Crippen molar-refractivity contribution in [2.75, 3.05) is 51.6 Å². The van der Waals surface area contributed by atoms with E-state index in [0.717, 1.165) is 67.0 Å². The van der Waals surface area contributed by atoms with E-state index in [2.05, 4.69) is 27.5 Å². The number of anilines is 1. The third-order valence-corrected chi connectivity index (χ3v) is 6.73. The van der Waals surface area contributed by atoms with Gasteiger partial charge in [-0.1, -0.05) is 36.4 Å². The molecule has 2 aromatic carbocycles. The Kier molecular flexibility index (Phi) is 6.26. The van der Waals surface area contributed by atoms with Gasteiger partial charge in [-0.2, -0.15) is 0 Å². The number of fused-ring (bicyclic) bond motifs is 3. The van der Waals surface area contributed by atoms with Gasteiger partial charge in [-0.25, -0.2) is 0 Å². The molecule has 1 saturated heterocycles. The van der Waals surface area contributed by atoms with Crippen LogP contribution in [0.15, 0.2) is 48.5 Å². The molecule has 2 aliphatic rings. The molecular weight excluding hydrogens is 414 g/mol. The van der Waals surface area contributed by atoms with Crippen molar-refractivity contribution in [3.63, 3.8) is 0 Å². The van der Waals surface area contributed by atoms with E-state index in [0.29, 0.717) is 19.5 Å². The molecule has 0 radical (unpaired) electrons. The molecule has 5 rings (SSSR count). The van der Waals surface area contributed by atoms with Crippen LogP contribution < -0.4 is 10.6 Å². The van der Waals surface area contributed by atoms with Gasteiger partial charge >= 0.3 is 0 Å². The van der Waals surface area contributed by atoms with Gasteiger partial charge in [-0.05, 0) is 43.3 Å². The minimum absolute atomic E-state index is 0.00176. The normalized spacial score (nSPS) is 17.1. The van der Waals surface area contributed by atoms with E-state index < -0.39 is 0 Å². The van der Waals surface area contributed by atoms with Crippen LogP contribution in [0.3, 0.4) is 0 Å². The van der Waals surface area contributed by atoms with Crippen LogP contribution in [-0.2, 0) is 24.2 Å². The van der Waals surface area contributed by atoms with Crippen LogP contribution >= 0.6 is 0 Å². The quantitative estimate of drug-likeness (QED) is 0.631. The van der Waals surface area contributed by atoms with Crippen LogP contribution in [0.4, 0.5) is 5.69 Å². The number of hydrogen-bond donors (Lipinski definition) is 2. The minimum Gasteiger partial charge on any atom is -0.324 e. The third-order valence-electron chi connectivity index (χ3n) is 6.73. The fraction of sp³-hybridized carbons (Fsp3) is 0.385. The molecule has 3 aromatic rings. The number of aromatic nitrogens is 1. The van der Waals surface area contributed by atoms with Crippen molar-refractivity contribution in [1.29, 1.82) is 0 Å². The second-order valence-corrected chi connectivity index (χ2v) is 9.07. The van der Waals surface area contributed by atoms with Crippen LogP contribution in [0.25, 0.3) is 10.9 Å². The van der Waals surface area contributed by atoms with Crippen molar-refractivity contribution >= 4 is 28.4 Å². The lowest BCUT2D eigenvalue weighted by molar-refractivity contribution is -0.117. The highest BCUT2D eigenvalue weighted by molar-refractivity contribution is 6.07. The highest BCUT2D eigenvalue weighted by Crippen LogP contribution is 2.34. The largest absolute Gasteiger partial charge is 0.324 e. The molecule has 0 atom stereocenters. The third kappa shape index (κ3) is 4.57. The predicted molar refractivity (Wildman–Crippen MR) is 131 cm³/mol. The van der Waals surface area contributed by atoms with Crippen molar-refractivity contribution in [1.82, 2.24) is 19.7 Å². The van der Waals surface area contributed by atoms with Gasteiger partial charge < -0.3 is 15.5 Å². The zero-order chi connectivity index (χ0) is 22.8. The second kappa shape index (κ2) is 9.47. The number of hydrogen-bond acceptors (Lipinski definition) is 5. The van der Waals surface area contributed by atoms with Crippen LogP contribution in [-0.4, -0.2) is 72.5 Å². The van der Waals surface area contributed by atoms with Gasteiger partial charge in [0.25, 0.3) is 0 Å². The van der Waals surface area contributed by atoms with E-state index in [-0.39, 0.29) is 11.8 Å². The summed E-state index contributed by atoms with van der Waals surface area (Å²) < 4.78 is 1.86. The van der Waals surface area contributed by atoms with Gasteiger partial charge in [0.1, 0.15) is 0 Å². The summed E-state index contributed by atoms with van der Waals surface area (Å²) in [5, 5.41) is 7.57. The minimum atomic E-state index is -0.00176. The number of carbonyl (C=O) groups excluding carboxylic acids is 2. The van der Waals surface area contributed by atoms with Crippen LogP contribution in [0.1, 0.15) is 21.6 Å². The van der Waals surface area contributed by atoms with Crippen molar-refractivity contribution in [3.8, 4) is 0 Å². The number of nitrogens with one attached hydrogen (secondary N) is 2. The van der Waals surface area contributed by atoms with E-state index in [1.165, 1.54) is 5.56 Å². The number of nitrogens with zero attached hydrogens (tertiary/aromatic N) is 3. The van der Waals surface area contributed by atoms with E-state index in [1.807, 2.05) is 53.1 Å². The highest BCUT2D eigenvalue weighted by atomic mass is 16.2. The smallest absolute Gasteiger partial charge is 0.238 e. The molecule has 0 bridgehead atoms. The van der Waals surface area contributed by atoms with Gasteiger partial charge in [-0.3, -0.25) is 19.1 Å². The summed E-state index contributed by atoms with van der Waals surface area (Å²) in [6.45, 7) is 5.67. The lowest BCUT2D eigenvalue weighted by Crippen LogP contribution is -2.47. The number of amides is 1. The average molecular weight is 446 g/mol. The number of carbonyl (C=O) groups is 2. The van der Waals surface area contributed by atoms with Crippen molar-refractivity contribution < 1.29 is 9.59 Å². The molecule has 7 nitrogen and oxygen atoms in total. The number of piperazine rings is 1. The SMILES string of the molecule is CN1CCN(CC(=O)Nc2cccc3c2c2c(n3C(=O)Cc3ccccc3)CNCC2)CC1. The molecule has 172 valence electrons. The maximum absolute atomic E-state index is 13.4. The van der Waals surface area contributed by atoms with E-state index in [9.17, 15) is 9.59 Å². The monoisotopic (exact) mass is 445 g/mol. The van der Waals surface area contributed by atoms with Gasteiger partial charge in [0.05, 0.1) is 24.2 Å². The topological polar surface area (TPSA) is 69.6 Å². The lowest BCUT2D eigenvalue weighted by Gasteiger charge is -2.31. The van der Waals surface area contributed by atoms with E-state index in [1.54, 1.807) is 0 Å². The average Bonchev–Trinajstić information content (AvgIpc) is 3.17. The van der Waals surface area contributed by atoms with Gasteiger partial charge in [0.2, 0.25) is 11.8 Å². The molecule has 1 amide bonds. The Morgan fingerprint density at radius 1 is 1.00 bits per heavy atom. The molecule has 0 spiro atoms.